The van der Waals surface area contributed by atoms with Crippen LogP contribution in [0.15, 0.2) is 164 Å². The molecular weight excluding hydrogens is 579 g/mol. The van der Waals surface area contributed by atoms with E-state index in [1.165, 1.54) is 82.4 Å². The van der Waals surface area contributed by atoms with E-state index in [9.17, 15) is 0 Å². The number of hydrogen-bond donors (Lipinski definition) is 0. The molecule has 48 heavy (non-hydrogen) atoms. The van der Waals surface area contributed by atoms with Crippen LogP contribution < -0.4 is 0 Å². The zero-order chi connectivity index (χ0) is 33.5. The molecule has 0 aliphatic carbocycles. The number of aromatic nitrogens is 1. The quantitative estimate of drug-likeness (QED) is 0.110. The number of fused-ring (bicyclic) bond motifs is 3. The maximum absolute atomic E-state index is 4.20. The van der Waals surface area contributed by atoms with Crippen molar-refractivity contribution in [3.8, 4) is 11.1 Å². The minimum Gasteiger partial charge on any atom is -0.265 e. The summed E-state index contributed by atoms with van der Waals surface area (Å²) in [4.78, 5) is 4.20. The Morgan fingerprint density at radius 3 is 1.92 bits per heavy atom. The van der Waals surface area contributed by atoms with Crippen LogP contribution in [0.1, 0.15) is 57.2 Å². The van der Waals surface area contributed by atoms with Crippen LogP contribution in [-0.2, 0) is 0 Å². The number of benzene rings is 5. The molecule has 0 spiro atoms. The highest BCUT2D eigenvalue weighted by molar-refractivity contribution is 6.22. The van der Waals surface area contributed by atoms with Crippen LogP contribution in [0.2, 0.25) is 0 Å². The van der Waals surface area contributed by atoms with Crippen molar-refractivity contribution >= 4 is 49.0 Å². The van der Waals surface area contributed by atoms with Gasteiger partial charge in [0.1, 0.15) is 0 Å². The van der Waals surface area contributed by atoms with Gasteiger partial charge in [-0.2, -0.15) is 0 Å². The summed E-state index contributed by atoms with van der Waals surface area (Å²) in [6.45, 7) is 12.8. The van der Waals surface area contributed by atoms with Crippen molar-refractivity contribution in [1.82, 2.24) is 4.98 Å². The van der Waals surface area contributed by atoms with Gasteiger partial charge in [0.15, 0.2) is 0 Å². The van der Waals surface area contributed by atoms with Crippen LogP contribution in [0.25, 0.3) is 60.2 Å². The van der Waals surface area contributed by atoms with Crippen molar-refractivity contribution in [3.05, 3.63) is 181 Å². The predicted molar refractivity (Wildman–Crippen MR) is 212 cm³/mol. The standard InChI is InChI=1S/C47H43N/c1-6-9-17-36(16-7-2)46-42-18-10-12-20-44(42)47(45-21-13-11-19-43(45)46)41-25-15-23-39-38(22-14-24-40(39)41)37(32-33(4)8-3)27-26-34(5)35-28-30-48-31-29-35/h7,9-32H,2,6,8H2,1,3-5H3/b17-9-,33-32-,34-26+,36-16+,37-27+. The molecule has 0 saturated carbocycles. The molecule has 1 aromatic heterocycles. The van der Waals surface area contributed by atoms with Crippen molar-refractivity contribution in [1.29, 1.82) is 0 Å². The Bertz CT molecular complexity index is 2220. The van der Waals surface area contributed by atoms with Crippen LogP contribution in [0.4, 0.5) is 0 Å². The summed E-state index contributed by atoms with van der Waals surface area (Å²) in [7, 11) is 0. The lowest BCUT2D eigenvalue weighted by atomic mass is 9.83. The molecule has 1 heteroatoms. The Kier molecular flexibility index (Phi) is 10.1. The van der Waals surface area contributed by atoms with E-state index < -0.39 is 0 Å². The third-order valence-corrected chi connectivity index (χ3v) is 9.16. The molecule has 6 aromatic rings. The summed E-state index contributed by atoms with van der Waals surface area (Å²) in [5, 5.41) is 7.47. The van der Waals surface area contributed by atoms with E-state index in [2.05, 4.69) is 173 Å². The van der Waals surface area contributed by atoms with E-state index >= 15 is 0 Å². The van der Waals surface area contributed by atoms with Crippen molar-refractivity contribution in [3.63, 3.8) is 0 Å². The lowest BCUT2D eigenvalue weighted by Crippen LogP contribution is -1.94. The van der Waals surface area contributed by atoms with Crippen LogP contribution >= 0.6 is 0 Å². The molecule has 0 bridgehead atoms. The zero-order valence-electron chi connectivity index (χ0n) is 28.5. The van der Waals surface area contributed by atoms with Gasteiger partial charge < -0.3 is 0 Å². The minimum atomic E-state index is 0.975. The van der Waals surface area contributed by atoms with Gasteiger partial charge in [0.2, 0.25) is 0 Å². The van der Waals surface area contributed by atoms with Crippen LogP contribution in [-0.4, -0.2) is 4.98 Å². The minimum absolute atomic E-state index is 0.975. The van der Waals surface area contributed by atoms with Gasteiger partial charge in [0.25, 0.3) is 0 Å². The third-order valence-electron chi connectivity index (χ3n) is 9.16. The summed E-state index contributed by atoms with van der Waals surface area (Å²) in [6, 6.07) is 35.4. The highest BCUT2D eigenvalue weighted by Crippen LogP contribution is 2.44. The second-order valence-corrected chi connectivity index (χ2v) is 12.3. The van der Waals surface area contributed by atoms with E-state index in [0.717, 1.165) is 12.8 Å². The van der Waals surface area contributed by atoms with Gasteiger partial charge in [0.05, 0.1) is 0 Å². The second kappa shape index (κ2) is 14.9. The first kappa shape index (κ1) is 32.4. The average Bonchev–Trinajstić information content (AvgIpc) is 3.14. The Labute approximate surface area is 285 Å². The van der Waals surface area contributed by atoms with Gasteiger partial charge in [-0.05, 0) is 116 Å². The van der Waals surface area contributed by atoms with Crippen LogP contribution in [0.3, 0.4) is 0 Å². The van der Waals surface area contributed by atoms with E-state index in [0.29, 0.717) is 0 Å². The first-order chi connectivity index (χ1) is 23.5. The fourth-order valence-electron chi connectivity index (χ4n) is 6.61. The molecule has 0 saturated heterocycles. The summed E-state index contributed by atoms with van der Waals surface area (Å²) in [5.74, 6) is 0. The van der Waals surface area contributed by atoms with E-state index in [-0.39, 0.29) is 0 Å². The number of allylic oxidation sites excluding steroid dienone is 11. The first-order valence-electron chi connectivity index (χ1n) is 17.0. The molecule has 0 fully saturated rings. The molecule has 236 valence electrons. The molecule has 0 unspecified atom stereocenters. The Balaban J connectivity index is 1.64. The van der Waals surface area contributed by atoms with Crippen molar-refractivity contribution in [2.75, 3.05) is 0 Å². The molecule has 0 N–H and O–H groups in total. The Hall–Kier alpha value is -5.53. The topological polar surface area (TPSA) is 12.9 Å². The molecule has 0 amide bonds. The zero-order valence-corrected chi connectivity index (χ0v) is 28.5. The van der Waals surface area contributed by atoms with E-state index in [1.54, 1.807) is 0 Å². The van der Waals surface area contributed by atoms with E-state index in [4.69, 9.17) is 0 Å². The first-order valence-corrected chi connectivity index (χ1v) is 17.0. The monoisotopic (exact) mass is 621 g/mol. The van der Waals surface area contributed by atoms with Crippen molar-refractivity contribution < 1.29 is 0 Å². The molecular formula is C47H43N. The van der Waals surface area contributed by atoms with E-state index in [1.807, 2.05) is 18.5 Å². The van der Waals surface area contributed by atoms with Crippen molar-refractivity contribution in [2.45, 2.75) is 40.5 Å². The van der Waals surface area contributed by atoms with Gasteiger partial charge in [-0.1, -0.05) is 153 Å². The molecule has 0 aliphatic rings. The average molecular weight is 622 g/mol. The molecule has 6 rings (SSSR count). The fourth-order valence-corrected chi connectivity index (χ4v) is 6.61. The third kappa shape index (κ3) is 6.50. The predicted octanol–water partition coefficient (Wildman–Crippen LogP) is 13.6. The van der Waals surface area contributed by atoms with Crippen molar-refractivity contribution in [2.24, 2.45) is 0 Å². The smallest absolute Gasteiger partial charge is 0.0273 e. The summed E-state index contributed by atoms with van der Waals surface area (Å²) in [5.41, 5.74) is 11.1. The van der Waals surface area contributed by atoms with Gasteiger partial charge in [-0.15, -0.1) is 0 Å². The highest BCUT2D eigenvalue weighted by Gasteiger charge is 2.18. The lowest BCUT2D eigenvalue weighted by molar-refractivity contribution is 1.10. The van der Waals surface area contributed by atoms with Gasteiger partial charge >= 0.3 is 0 Å². The molecule has 0 atom stereocenters. The molecule has 0 radical (unpaired) electrons. The van der Waals surface area contributed by atoms with Gasteiger partial charge in [0, 0.05) is 12.4 Å². The fraction of sp³-hybridized carbons (Fsp3) is 0.128. The Morgan fingerprint density at radius 2 is 1.27 bits per heavy atom. The molecule has 0 aliphatic heterocycles. The molecule has 1 heterocycles. The maximum Gasteiger partial charge on any atom is 0.0273 e. The Morgan fingerprint density at radius 1 is 0.646 bits per heavy atom. The maximum atomic E-state index is 4.20. The largest absolute Gasteiger partial charge is 0.265 e. The number of pyridine rings is 1. The lowest BCUT2D eigenvalue weighted by Gasteiger charge is -2.20. The molecule has 1 nitrogen and oxygen atoms in total. The SMILES string of the molecule is C=C/C=C(\C=C/CC)c1c2ccccc2c(-c2cccc3c(C(/C=C(/C)CC)=C/C=C(\C)c4ccncc4)cccc23)c2ccccc12. The number of nitrogens with zero attached hydrogens (tertiary/aromatic N) is 1. The highest BCUT2D eigenvalue weighted by atomic mass is 14.6. The van der Waals surface area contributed by atoms with Crippen LogP contribution in [0, 0.1) is 0 Å². The number of rotatable bonds is 10. The van der Waals surface area contributed by atoms with Gasteiger partial charge in [-0.25, -0.2) is 0 Å². The summed E-state index contributed by atoms with van der Waals surface area (Å²) in [6.07, 6.45) is 21.0. The summed E-state index contributed by atoms with van der Waals surface area (Å²) < 4.78 is 0. The number of hydrogen-bond acceptors (Lipinski definition) is 1. The van der Waals surface area contributed by atoms with Crippen LogP contribution in [0.5, 0.6) is 0 Å². The molecule has 5 aromatic carbocycles. The summed E-state index contributed by atoms with van der Waals surface area (Å²) >= 11 is 0. The normalized spacial score (nSPS) is 13.2. The second-order valence-electron chi connectivity index (χ2n) is 12.3. The van der Waals surface area contributed by atoms with Gasteiger partial charge in [-0.3, -0.25) is 4.98 Å².